The molecule has 4 amide bonds. The number of urea groups is 1. The van der Waals surface area contributed by atoms with Crippen molar-refractivity contribution in [3.05, 3.63) is 99.5 Å². The average molecular weight is 513 g/mol. The number of nitrogens with one attached hydrogen (secondary N) is 1. The van der Waals surface area contributed by atoms with Gasteiger partial charge in [-0.25, -0.2) is 18.5 Å². The average Bonchev–Trinajstić information content (AvgIpc) is 2.78. The molecule has 33 heavy (non-hydrogen) atoms. The van der Waals surface area contributed by atoms with Gasteiger partial charge in [-0.3, -0.25) is 14.9 Å². The van der Waals surface area contributed by atoms with Crippen molar-refractivity contribution < 1.29 is 27.9 Å². The van der Waals surface area contributed by atoms with E-state index >= 15 is 0 Å². The van der Waals surface area contributed by atoms with Crippen LogP contribution in [0.2, 0.25) is 0 Å². The van der Waals surface area contributed by atoms with Crippen LogP contribution in [0.25, 0.3) is 6.08 Å². The van der Waals surface area contributed by atoms with Crippen LogP contribution in [-0.4, -0.2) is 17.8 Å². The first-order valence-electron chi connectivity index (χ1n) is 9.67. The van der Waals surface area contributed by atoms with Gasteiger partial charge in [-0.1, -0.05) is 36.4 Å². The van der Waals surface area contributed by atoms with Crippen LogP contribution >= 0.6 is 15.9 Å². The van der Waals surface area contributed by atoms with Crippen LogP contribution in [0, 0.1) is 11.6 Å². The highest BCUT2D eigenvalue weighted by Gasteiger charge is 2.37. The standard InChI is InChI=1S/C24H15BrF2N2O4/c25-17-12-14(9-10-21(17)33-13-15-5-1-2-6-18(15)26)11-16-22(30)28-24(32)29(23(16)31)20-8-4-3-7-19(20)27/h1-12H,13H2,(H,28,30,32)/b16-11-. The zero-order chi connectivity index (χ0) is 23.5. The van der Waals surface area contributed by atoms with Crippen molar-refractivity contribution in [1.29, 1.82) is 0 Å². The quantitative estimate of drug-likeness (QED) is 0.386. The van der Waals surface area contributed by atoms with Crippen molar-refractivity contribution in [2.24, 2.45) is 0 Å². The topological polar surface area (TPSA) is 75.7 Å². The van der Waals surface area contributed by atoms with E-state index in [0.29, 0.717) is 26.2 Å². The third kappa shape index (κ3) is 4.68. The second-order valence-electron chi connectivity index (χ2n) is 6.98. The summed E-state index contributed by atoms with van der Waals surface area (Å²) in [4.78, 5) is 38.0. The number of barbiturate groups is 1. The summed E-state index contributed by atoms with van der Waals surface area (Å²) in [5.41, 5.74) is 0.223. The van der Waals surface area contributed by atoms with Gasteiger partial charge in [0.05, 0.1) is 10.2 Å². The largest absolute Gasteiger partial charge is 0.488 e. The van der Waals surface area contributed by atoms with Crippen LogP contribution in [0.5, 0.6) is 5.75 Å². The molecule has 6 nitrogen and oxygen atoms in total. The van der Waals surface area contributed by atoms with Crippen molar-refractivity contribution >= 4 is 45.5 Å². The molecule has 1 fully saturated rings. The summed E-state index contributed by atoms with van der Waals surface area (Å²) in [5, 5.41) is 2.05. The number of carbonyl (C=O) groups excluding carboxylic acids is 3. The summed E-state index contributed by atoms with van der Waals surface area (Å²) >= 11 is 3.35. The number of amides is 4. The molecule has 166 valence electrons. The maximum atomic E-state index is 14.2. The number of hydrogen-bond donors (Lipinski definition) is 1. The molecule has 0 aromatic heterocycles. The third-order valence-corrected chi connectivity index (χ3v) is 5.42. The number of imide groups is 2. The fourth-order valence-electron chi connectivity index (χ4n) is 3.17. The maximum absolute atomic E-state index is 14.2. The maximum Gasteiger partial charge on any atom is 0.336 e. The number of para-hydroxylation sites is 1. The highest BCUT2D eigenvalue weighted by atomic mass is 79.9. The predicted octanol–water partition coefficient (Wildman–Crippen LogP) is 4.97. The summed E-state index contributed by atoms with van der Waals surface area (Å²) in [7, 11) is 0. The van der Waals surface area contributed by atoms with Crippen LogP contribution in [-0.2, 0) is 16.2 Å². The van der Waals surface area contributed by atoms with Gasteiger partial charge in [0.25, 0.3) is 11.8 Å². The van der Waals surface area contributed by atoms with Crippen LogP contribution in [0.1, 0.15) is 11.1 Å². The lowest BCUT2D eigenvalue weighted by molar-refractivity contribution is -0.122. The van der Waals surface area contributed by atoms with E-state index in [4.69, 9.17) is 4.74 Å². The summed E-state index contributed by atoms with van der Waals surface area (Å²) in [5.74, 6) is -2.60. The van der Waals surface area contributed by atoms with Crippen molar-refractivity contribution in [2.45, 2.75) is 6.61 Å². The van der Waals surface area contributed by atoms with E-state index in [9.17, 15) is 23.2 Å². The molecule has 1 saturated heterocycles. The molecular weight excluding hydrogens is 498 g/mol. The fraction of sp³-hybridized carbons (Fsp3) is 0.0417. The molecule has 1 heterocycles. The minimum atomic E-state index is -1.04. The molecule has 0 radical (unpaired) electrons. The minimum absolute atomic E-state index is 0.00626. The number of halogens is 3. The molecule has 1 aliphatic heterocycles. The Morgan fingerprint density at radius 1 is 0.939 bits per heavy atom. The van der Waals surface area contributed by atoms with Gasteiger partial charge < -0.3 is 4.74 Å². The number of hydrogen-bond acceptors (Lipinski definition) is 4. The van der Waals surface area contributed by atoms with Crippen molar-refractivity contribution in [3.8, 4) is 5.75 Å². The molecule has 1 N–H and O–H groups in total. The van der Waals surface area contributed by atoms with Gasteiger partial charge in [0, 0.05) is 5.56 Å². The lowest BCUT2D eigenvalue weighted by Crippen LogP contribution is -2.54. The first kappa shape index (κ1) is 22.3. The molecule has 0 unspecified atom stereocenters. The van der Waals surface area contributed by atoms with Crippen molar-refractivity contribution in [1.82, 2.24) is 5.32 Å². The van der Waals surface area contributed by atoms with Gasteiger partial charge in [-0.15, -0.1) is 0 Å². The predicted molar refractivity (Wildman–Crippen MR) is 120 cm³/mol. The molecule has 0 aliphatic carbocycles. The Morgan fingerprint density at radius 2 is 1.64 bits per heavy atom. The van der Waals surface area contributed by atoms with Gasteiger partial charge in [-0.2, -0.15) is 0 Å². The molecule has 9 heteroatoms. The Bertz CT molecular complexity index is 1310. The number of anilines is 1. The number of ether oxygens (including phenoxy) is 1. The zero-order valence-electron chi connectivity index (χ0n) is 16.8. The van der Waals surface area contributed by atoms with Crippen LogP contribution < -0.4 is 15.0 Å². The van der Waals surface area contributed by atoms with Gasteiger partial charge >= 0.3 is 6.03 Å². The smallest absolute Gasteiger partial charge is 0.336 e. The number of benzene rings is 3. The molecule has 3 aromatic rings. The van der Waals surface area contributed by atoms with Gasteiger partial charge in [0.15, 0.2) is 0 Å². The van der Waals surface area contributed by atoms with Crippen molar-refractivity contribution in [3.63, 3.8) is 0 Å². The molecule has 0 bridgehead atoms. The molecule has 3 aromatic carbocycles. The van der Waals surface area contributed by atoms with Crippen LogP contribution in [0.4, 0.5) is 19.3 Å². The Morgan fingerprint density at radius 3 is 2.33 bits per heavy atom. The first-order valence-corrected chi connectivity index (χ1v) is 10.5. The van der Waals surface area contributed by atoms with E-state index in [0.717, 1.165) is 6.07 Å². The van der Waals surface area contributed by atoms with Crippen molar-refractivity contribution in [2.75, 3.05) is 4.90 Å². The Hall–Kier alpha value is -3.85. The summed E-state index contributed by atoms with van der Waals surface area (Å²) in [6.07, 6.45) is 1.28. The lowest BCUT2D eigenvalue weighted by atomic mass is 10.1. The molecule has 0 saturated carbocycles. The minimum Gasteiger partial charge on any atom is -0.488 e. The summed E-state index contributed by atoms with van der Waals surface area (Å²) in [6, 6.07) is 15.2. The number of rotatable bonds is 5. The van der Waals surface area contributed by atoms with Gasteiger partial charge in [0.1, 0.15) is 29.6 Å². The molecule has 4 rings (SSSR count). The molecule has 1 aliphatic rings. The first-order chi connectivity index (χ1) is 15.8. The third-order valence-electron chi connectivity index (χ3n) is 4.80. The Balaban J connectivity index is 1.58. The Labute approximate surface area is 195 Å². The SMILES string of the molecule is O=C1NC(=O)N(c2ccccc2F)C(=O)/C1=C\c1ccc(OCc2ccccc2F)c(Br)c1. The monoisotopic (exact) mass is 512 g/mol. The van der Waals surface area contributed by atoms with Gasteiger partial charge in [-0.05, 0) is 57.9 Å². The summed E-state index contributed by atoms with van der Waals surface area (Å²) < 4.78 is 34.1. The highest BCUT2D eigenvalue weighted by Crippen LogP contribution is 2.29. The highest BCUT2D eigenvalue weighted by molar-refractivity contribution is 9.10. The van der Waals surface area contributed by atoms with Crippen LogP contribution in [0.3, 0.4) is 0 Å². The second kappa shape index (κ2) is 9.33. The van der Waals surface area contributed by atoms with E-state index in [1.54, 1.807) is 36.4 Å². The fourth-order valence-corrected chi connectivity index (χ4v) is 3.68. The van der Waals surface area contributed by atoms with Gasteiger partial charge in [0.2, 0.25) is 0 Å². The van der Waals surface area contributed by atoms with E-state index in [-0.39, 0.29) is 23.7 Å². The summed E-state index contributed by atoms with van der Waals surface area (Å²) in [6.45, 7) is 0.00626. The van der Waals surface area contributed by atoms with Crippen LogP contribution in [0.15, 0.2) is 76.8 Å². The molecule has 0 atom stereocenters. The van der Waals surface area contributed by atoms with E-state index in [2.05, 4.69) is 15.9 Å². The number of nitrogens with zero attached hydrogens (tertiary/aromatic N) is 1. The van der Waals surface area contributed by atoms with E-state index in [1.807, 2.05) is 5.32 Å². The lowest BCUT2D eigenvalue weighted by Gasteiger charge is -2.26. The van der Waals surface area contributed by atoms with E-state index in [1.165, 1.54) is 30.3 Å². The molecular formula is C24H15BrF2N2O4. The van der Waals surface area contributed by atoms with E-state index < -0.39 is 23.7 Å². The normalized spacial score (nSPS) is 15.1. The Kier molecular flexibility index (Phi) is 6.32. The zero-order valence-corrected chi connectivity index (χ0v) is 18.4. The molecule has 0 spiro atoms. The second-order valence-corrected chi connectivity index (χ2v) is 7.83. The number of carbonyl (C=O) groups is 3.